The van der Waals surface area contributed by atoms with Crippen LogP contribution in [-0.2, 0) is 7.05 Å². The number of methoxy groups -OCH3 is 1. The Morgan fingerprint density at radius 1 is 1.18 bits per heavy atom. The number of amides is 2. The van der Waals surface area contributed by atoms with E-state index in [1.807, 2.05) is 0 Å². The van der Waals surface area contributed by atoms with Crippen LogP contribution in [0.1, 0.15) is 37.4 Å². The molecule has 150 valence electrons. The van der Waals surface area contributed by atoms with Gasteiger partial charge in [-0.2, -0.15) is 0 Å². The minimum atomic E-state index is -0.738. The number of ether oxygens (including phenoxy) is 2. The lowest BCUT2D eigenvalue weighted by Crippen LogP contribution is -2.46. The Bertz CT molecular complexity index is 1010. The number of urea groups is 1. The van der Waals surface area contributed by atoms with E-state index in [-0.39, 0.29) is 11.4 Å². The number of anilines is 1. The van der Waals surface area contributed by atoms with E-state index in [4.69, 9.17) is 9.47 Å². The Kier molecular flexibility index (Phi) is 5.43. The molecule has 2 aromatic rings. The van der Waals surface area contributed by atoms with E-state index in [1.54, 1.807) is 18.2 Å². The van der Waals surface area contributed by atoms with Crippen LogP contribution in [0.2, 0.25) is 0 Å². The van der Waals surface area contributed by atoms with E-state index in [1.165, 1.54) is 18.7 Å². The van der Waals surface area contributed by atoms with Crippen LogP contribution in [0.5, 0.6) is 11.5 Å². The van der Waals surface area contributed by atoms with E-state index in [2.05, 4.69) is 29.5 Å². The van der Waals surface area contributed by atoms with Crippen LogP contribution in [0.25, 0.3) is 0 Å². The maximum absolute atomic E-state index is 12.4. The van der Waals surface area contributed by atoms with Crippen LogP contribution < -0.4 is 31.4 Å². The van der Waals surface area contributed by atoms with Gasteiger partial charge in [-0.05, 0) is 30.0 Å². The predicted octanol–water partition coefficient (Wildman–Crippen LogP) is 1.73. The summed E-state index contributed by atoms with van der Waals surface area (Å²) in [6, 6.07) is 3.98. The number of nitrogens with zero attached hydrogens (tertiary/aromatic N) is 1. The molecule has 0 fully saturated rings. The maximum atomic E-state index is 12.4. The first-order valence-electron chi connectivity index (χ1n) is 9.03. The molecule has 1 atom stereocenters. The zero-order valence-corrected chi connectivity index (χ0v) is 16.3. The summed E-state index contributed by atoms with van der Waals surface area (Å²) in [5, 5.41) is 5.25. The second-order valence-electron chi connectivity index (χ2n) is 7.05. The largest absolute Gasteiger partial charge is 0.493 e. The number of hydrogen-bond donors (Lipinski definition) is 3. The number of fused-ring (bicyclic) bond motifs is 1. The molecule has 1 aliphatic heterocycles. The zero-order valence-electron chi connectivity index (χ0n) is 16.3. The lowest BCUT2D eigenvalue weighted by molar-refractivity contribution is 0.248. The minimum Gasteiger partial charge on any atom is -0.493 e. The molecule has 3 N–H and O–H groups in total. The van der Waals surface area contributed by atoms with Crippen molar-refractivity contribution in [3.63, 3.8) is 0 Å². The molecule has 0 bridgehead atoms. The second kappa shape index (κ2) is 7.79. The summed E-state index contributed by atoms with van der Waals surface area (Å²) in [6.07, 6.45) is 0.909. The average Bonchev–Trinajstić information content (AvgIpc) is 2.65. The standard InChI is InChI=1S/C19H24N4O5/c1-10(2)7-8-28-12-6-5-11(9-13(12)27-4)15-14-16(21-18(25)20-15)23(3)19(26)22-17(14)24/h5-6,9-10,15H,7-8H2,1-4H3,(H2,20,21,25)(H,22,24,26)/t15-/m0/s1. The summed E-state index contributed by atoms with van der Waals surface area (Å²) < 4.78 is 12.4. The summed E-state index contributed by atoms with van der Waals surface area (Å²) in [7, 11) is 3.01. The molecule has 3 rings (SSSR count). The highest BCUT2D eigenvalue weighted by atomic mass is 16.5. The molecule has 9 nitrogen and oxygen atoms in total. The Labute approximate surface area is 161 Å². The Morgan fingerprint density at radius 2 is 1.93 bits per heavy atom. The number of hydrogen-bond acceptors (Lipinski definition) is 5. The van der Waals surface area contributed by atoms with E-state index >= 15 is 0 Å². The number of aromatic amines is 1. The van der Waals surface area contributed by atoms with Crippen molar-refractivity contribution in [1.82, 2.24) is 14.9 Å². The highest BCUT2D eigenvalue weighted by molar-refractivity contribution is 5.92. The predicted molar refractivity (Wildman–Crippen MR) is 104 cm³/mol. The van der Waals surface area contributed by atoms with E-state index in [0.717, 1.165) is 6.42 Å². The molecule has 1 aliphatic rings. The Morgan fingerprint density at radius 3 is 2.61 bits per heavy atom. The van der Waals surface area contributed by atoms with Crippen molar-refractivity contribution >= 4 is 11.8 Å². The normalized spacial score (nSPS) is 15.6. The van der Waals surface area contributed by atoms with Crippen LogP contribution in [-0.4, -0.2) is 29.3 Å². The molecule has 1 aromatic heterocycles. The van der Waals surface area contributed by atoms with Crippen LogP contribution in [0.15, 0.2) is 27.8 Å². The van der Waals surface area contributed by atoms with Crippen molar-refractivity contribution in [2.45, 2.75) is 26.3 Å². The smallest absolute Gasteiger partial charge is 0.329 e. The topological polar surface area (TPSA) is 114 Å². The van der Waals surface area contributed by atoms with Gasteiger partial charge in [-0.25, -0.2) is 9.59 Å². The molecule has 0 saturated carbocycles. The number of benzene rings is 1. The first-order valence-corrected chi connectivity index (χ1v) is 9.03. The molecule has 0 radical (unpaired) electrons. The Balaban J connectivity index is 2.01. The van der Waals surface area contributed by atoms with Gasteiger partial charge in [0.05, 0.1) is 25.3 Å². The lowest BCUT2D eigenvalue weighted by Gasteiger charge is -2.28. The van der Waals surface area contributed by atoms with Crippen LogP contribution in [0.3, 0.4) is 0 Å². The first-order chi connectivity index (χ1) is 13.3. The summed E-state index contributed by atoms with van der Waals surface area (Å²) >= 11 is 0. The van der Waals surface area contributed by atoms with Crippen molar-refractivity contribution in [1.29, 1.82) is 0 Å². The van der Waals surface area contributed by atoms with Gasteiger partial charge in [0.15, 0.2) is 11.5 Å². The van der Waals surface area contributed by atoms with Gasteiger partial charge in [-0.3, -0.25) is 19.7 Å². The molecule has 9 heteroatoms. The molecule has 2 heterocycles. The van der Waals surface area contributed by atoms with Crippen molar-refractivity contribution in [2.75, 3.05) is 19.0 Å². The van der Waals surface area contributed by atoms with Gasteiger partial charge in [-0.1, -0.05) is 19.9 Å². The highest BCUT2D eigenvalue weighted by Gasteiger charge is 2.31. The van der Waals surface area contributed by atoms with Crippen molar-refractivity contribution in [3.05, 3.63) is 50.2 Å². The molecule has 0 unspecified atom stereocenters. The molecular weight excluding hydrogens is 364 g/mol. The van der Waals surface area contributed by atoms with E-state index < -0.39 is 23.3 Å². The third-order valence-electron chi connectivity index (χ3n) is 4.63. The number of carbonyl (C=O) groups is 1. The fraction of sp³-hybridized carbons (Fsp3) is 0.421. The average molecular weight is 388 g/mol. The number of aromatic nitrogens is 2. The van der Waals surface area contributed by atoms with Gasteiger partial charge in [0.2, 0.25) is 0 Å². The highest BCUT2D eigenvalue weighted by Crippen LogP contribution is 2.34. The van der Waals surface area contributed by atoms with Crippen molar-refractivity contribution in [3.8, 4) is 11.5 Å². The number of H-pyrrole nitrogens is 1. The van der Waals surface area contributed by atoms with Gasteiger partial charge < -0.3 is 14.8 Å². The van der Waals surface area contributed by atoms with Gasteiger partial charge in [0.1, 0.15) is 5.82 Å². The van der Waals surface area contributed by atoms with Gasteiger partial charge in [0, 0.05) is 7.05 Å². The quantitative estimate of drug-likeness (QED) is 0.697. The number of carbonyl (C=O) groups excluding carboxylic acids is 1. The molecule has 1 aromatic carbocycles. The van der Waals surface area contributed by atoms with Crippen LogP contribution in [0, 0.1) is 5.92 Å². The summed E-state index contributed by atoms with van der Waals surface area (Å²) in [5.41, 5.74) is -0.284. The van der Waals surface area contributed by atoms with Crippen LogP contribution >= 0.6 is 0 Å². The van der Waals surface area contributed by atoms with Crippen molar-refractivity contribution in [2.24, 2.45) is 13.0 Å². The lowest BCUT2D eigenvalue weighted by atomic mass is 9.98. The number of rotatable bonds is 6. The van der Waals surface area contributed by atoms with Crippen LogP contribution in [0.4, 0.5) is 10.6 Å². The third-order valence-corrected chi connectivity index (χ3v) is 4.63. The van der Waals surface area contributed by atoms with E-state index in [0.29, 0.717) is 29.6 Å². The molecule has 0 spiro atoms. The fourth-order valence-electron chi connectivity index (χ4n) is 3.04. The van der Waals surface area contributed by atoms with Gasteiger partial charge >= 0.3 is 11.7 Å². The summed E-state index contributed by atoms with van der Waals surface area (Å²) in [6.45, 7) is 4.79. The van der Waals surface area contributed by atoms with Gasteiger partial charge in [-0.15, -0.1) is 0 Å². The molecule has 28 heavy (non-hydrogen) atoms. The molecule has 0 aliphatic carbocycles. The van der Waals surface area contributed by atoms with E-state index in [9.17, 15) is 14.4 Å². The third kappa shape index (κ3) is 3.73. The second-order valence-corrected chi connectivity index (χ2v) is 7.05. The molecule has 0 saturated heterocycles. The summed E-state index contributed by atoms with van der Waals surface area (Å²) in [4.78, 5) is 38.7. The zero-order chi connectivity index (χ0) is 20.4. The Hall–Kier alpha value is -3.23. The fourth-order valence-corrected chi connectivity index (χ4v) is 3.04. The minimum absolute atomic E-state index is 0.165. The molecular formula is C19H24N4O5. The SMILES string of the molecule is COc1cc([C@@H]2NC(=O)Nc3c2c(=O)[nH]c(=O)n3C)ccc1OCCC(C)C. The first kappa shape index (κ1) is 19.5. The summed E-state index contributed by atoms with van der Waals surface area (Å²) in [5.74, 6) is 1.77. The monoisotopic (exact) mass is 388 g/mol. The maximum Gasteiger partial charge on any atom is 0.329 e. The number of nitrogens with one attached hydrogen (secondary N) is 3. The van der Waals surface area contributed by atoms with Gasteiger partial charge in [0.25, 0.3) is 5.56 Å². The van der Waals surface area contributed by atoms with Crippen molar-refractivity contribution < 1.29 is 14.3 Å². The molecule has 2 amide bonds.